The minimum Gasteiger partial charge on any atom is -0.355 e. The first-order valence-corrected chi connectivity index (χ1v) is 8.95. The summed E-state index contributed by atoms with van der Waals surface area (Å²) in [5.41, 5.74) is 8.02. The van der Waals surface area contributed by atoms with Gasteiger partial charge in [-0.2, -0.15) is 0 Å². The van der Waals surface area contributed by atoms with E-state index in [0.29, 0.717) is 6.54 Å². The summed E-state index contributed by atoms with van der Waals surface area (Å²) in [6, 6.07) is 3.95. The lowest BCUT2D eigenvalue weighted by atomic mass is 9.91. The molecule has 0 saturated carbocycles. The van der Waals surface area contributed by atoms with Crippen LogP contribution < -0.4 is 10.6 Å². The van der Waals surface area contributed by atoms with E-state index >= 15 is 0 Å². The molecule has 2 aliphatic rings. The van der Waals surface area contributed by atoms with Crippen molar-refractivity contribution in [1.29, 1.82) is 0 Å². The van der Waals surface area contributed by atoms with Crippen LogP contribution in [0.3, 0.4) is 0 Å². The molecule has 0 atom stereocenters. The van der Waals surface area contributed by atoms with E-state index in [1.807, 2.05) is 18.3 Å². The van der Waals surface area contributed by atoms with Crippen molar-refractivity contribution in [3.63, 3.8) is 0 Å². The molecule has 1 saturated heterocycles. The number of thioether (sulfide) groups is 1. The summed E-state index contributed by atoms with van der Waals surface area (Å²) in [7, 11) is 0. The van der Waals surface area contributed by atoms with Crippen LogP contribution in [0.1, 0.15) is 31.2 Å². The average molecular weight is 340 g/mol. The number of anilines is 1. The molecule has 6 nitrogen and oxygen atoms in total. The van der Waals surface area contributed by atoms with Crippen LogP contribution in [0.5, 0.6) is 0 Å². The van der Waals surface area contributed by atoms with Gasteiger partial charge >= 0.3 is 0 Å². The molecule has 7 heteroatoms. The van der Waals surface area contributed by atoms with Crippen LogP contribution in [-0.2, 0) is 6.54 Å². The highest BCUT2D eigenvalue weighted by molar-refractivity contribution is 8.14. The SMILES string of the molecule is CC1(N)CCN(c2cnc3c(n2)CN=C3Sc2ccncc2)CC1. The standard InChI is InChI=1S/C17H20N6S/c1-17(18)4-8-23(9-5-17)14-11-20-15-13(22-14)10-21-16(15)24-12-2-6-19-7-3-12/h2-3,6-7,11H,4-5,8-10,18H2,1H3. The number of fused-ring (bicyclic) bond motifs is 1. The number of nitrogens with zero attached hydrogens (tertiary/aromatic N) is 5. The fourth-order valence-corrected chi connectivity index (χ4v) is 3.80. The summed E-state index contributed by atoms with van der Waals surface area (Å²) in [5, 5.41) is 0.934. The molecule has 1 fully saturated rings. The van der Waals surface area contributed by atoms with Gasteiger partial charge in [0.1, 0.15) is 16.6 Å². The summed E-state index contributed by atoms with van der Waals surface area (Å²) in [4.78, 5) is 21.5. The highest BCUT2D eigenvalue weighted by Gasteiger charge is 2.28. The number of nitrogens with two attached hydrogens (primary N) is 1. The van der Waals surface area contributed by atoms with Crippen molar-refractivity contribution in [2.75, 3.05) is 18.0 Å². The van der Waals surface area contributed by atoms with Crippen LogP contribution in [0.2, 0.25) is 0 Å². The summed E-state index contributed by atoms with van der Waals surface area (Å²) in [6.07, 6.45) is 7.40. The van der Waals surface area contributed by atoms with Crippen LogP contribution in [-0.4, -0.2) is 38.6 Å². The maximum atomic E-state index is 6.21. The van der Waals surface area contributed by atoms with Crippen molar-refractivity contribution in [2.24, 2.45) is 10.7 Å². The lowest BCUT2D eigenvalue weighted by Gasteiger charge is -2.37. The van der Waals surface area contributed by atoms with E-state index in [9.17, 15) is 0 Å². The number of rotatable bonds is 2. The topological polar surface area (TPSA) is 80.3 Å². The second-order valence-electron chi connectivity index (χ2n) is 6.57. The van der Waals surface area contributed by atoms with Crippen molar-refractivity contribution in [1.82, 2.24) is 15.0 Å². The number of aliphatic imine (C=N–C) groups is 1. The van der Waals surface area contributed by atoms with E-state index in [-0.39, 0.29) is 5.54 Å². The van der Waals surface area contributed by atoms with Crippen molar-refractivity contribution in [3.05, 3.63) is 42.1 Å². The van der Waals surface area contributed by atoms with Crippen molar-refractivity contribution in [3.8, 4) is 0 Å². The molecule has 2 aromatic rings. The molecule has 0 spiro atoms. The van der Waals surface area contributed by atoms with Crippen molar-refractivity contribution >= 4 is 22.6 Å². The monoisotopic (exact) mass is 340 g/mol. The Balaban J connectivity index is 1.50. The molecule has 0 unspecified atom stereocenters. The van der Waals surface area contributed by atoms with E-state index in [4.69, 9.17) is 10.7 Å². The van der Waals surface area contributed by atoms with Gasteiger partial charge in [0.2, 0.25) is 0 Å². The van der Waals surface area contributed by atoms with E-state index < -0.39 is 0 Å². The Hall–Kier alpha value is -1.99. The fourth-order valence-electron chi connectivity index (χ4n) is 2.92. The number of aromatic nitrogens is 3. The quantitative estimate of drug-likeness (QED) is 0.903. The maximum Gasteiger partial charge on any atom is 0.147 e. The van der Waals surface area contributed by atoms with Crippen LogP contribution in [0.15, 0.2) is 40.6 Å². The lowest BCUT2D eigenvalue weighted by molar-refractivity contribution is 0.363. The molecule has 4 rings (SSSR count). The largest absolute Gasteiger partial charge is 0.355 e. The normalized spacial score (nSPS) is 19.1. The van der Waals surface area contributed by atoms with Gasteiger partial charge in [0.15, 0.2) is 0 Å². The molecule has 0 bridgehead atoms. The number of hydrogen-bond donors (Lipinski definition) is 1. The van der Waals surface area contributed by atoms with Gasteiger partial charge in [-0.1, -0.05) is 11.8 Å². The zero-order valence-electron chi connectivity index (χ0n) is 13.6. The van der Waals surface area contributed by atoms with Gasteiger partial charge in [0.05, 0.1) is 18.4 Å². The Kier molecular flexibility index (Phi) is 3.97. The molecule has 2 N–H and O–H groups in total. The highest BCUT2D eigenvalue weighted by atomic mass is 32.2. The van der Waals surface area contributed by atoms with Gasteiger partial charge in [-0.15, -0.1) is 0 Å². The van der Waals surface area contributed by atoms with Crippen molar-refractivity contribution < 1.29 is 0 Å². The molecule has 124 valence electrons. The molecule has 2 aliphatic heterocycles. The third-order valence-electron chi connectivity index (χ3n) is 4.50. The van der Waals surface area contributed by atoms with Gasteiger partial charge in [0, 0.05) is 35.9 Å². The Morgan fingerprint density at radius 3 is 2.71 bits per heavy atom. The summed E-state index contributed by atoms with van der Waals surface area (Å²) in [5.74, 6) is 0.939. The number of pyridine rings is 1. The minimum atomic E-state index is -0.0574. The average Bonchev–Trinajstić information content (AvgIpc) is 2.98. The molecular weight excluding hydrogens is 320 g/mol. The summed E-state index contributed by atoms with van der Waals surface area (Å²) < 4.78 is 0. The van der Waals surface area contributed by atoms with E-state index in [1.54, 1.807) is 24.2 Å². The molecular formula is C17H20N6S. The molecule has 0 aliphatic carbocycles. The van der Waals surface area contributed by atoms with E-state index in [1.165, 1.54) is 0 Å². The number of hydrogen-bond acceptors (Lipinski definition) is 7. The Labute approximate surface area is 145 Å². The summed E-state index contributed by atoms with van der Waals surface area (Å²) in [6.45, 7) is 4.58. The second kappa shape index (κ2) is 6.14. The zero-order chi connectivity index (χ0) is 16.6. The fraction of sp³-hybridized carbons (Fsp3) is 0.412. The minimum absolute atomic E-state index is 0.0574. The highest BCUT2D eigenvalue weighted by Crippen LogP contribution is 2.30. The Morgan fingerprint density at radius 1 is 1.21 bits per heavy atom. The third-order valence-corrected chi connectivity index (χ3v) is 5.52. The van der Waals surface area contributed by atoms with Crippen LogP contribution in [0.4, 0.5) is 5.82 Å². The van der Waals surface area contributed by atoms with Gasteiger partial charge < -0.3 is 10.6 Å². The third kappa shape index (κ3) is 3.14. The Bertz CT molecular complexity index is 764. The molecule has 2 aromatic heterocycles. The van der Waals surface area contributed by atoms with E-state index in [2.05, 4.69) is 26.8 Å². The van der Waals surface area contributed by atoms with Crippen molar-refractivity contribution in [2.45, 2.75) is 36.7 Å². The van der Waals surface area contributed by atoms with E-state index in [0.717, 1.165) is 53.1 Å². The Morgan fingerprint density at radius 2 is 1.96 bits per heavy atom. The van der Waals surface area contributed by atoms with Crippen LogP contribution in [0.25, 0.3) is 0 Å². The molecule has 24 heavy (non-hydrogen) atoms. The molecule has 0 radical (unpaired) electrons. The van der Waals surface area contributed by atoms with Crippen LogP contribution in [0, 0.1) is 0 Å². The van der Waals surface area contributed by atoms with Gasteiger partial charge in [0.25, 0.3) is 0 Å². The first kappa shape index (κ1) is 15.5. The van der Waals surface area contributed by atoms with Gasteiger partial charge in [-0.25, -0.2) is 9.97 Å². The predicted octanol–water partition coefficient (Wildman–Crippen LogP) is 2.24. The maximum absolute atomic E-state index is 6.21. The lowest BCUT2D eigenvalue weighted by Crippen LogP contribution is -2.48. The first-order valence-electron chi connectivity index (χ1n) is 8.13. The van der Waals surface area contributed by atoms with Crippen LogP contribution >= 0.6 is 11.8 Å². The molecule has 0 aromatic carbocycles. The summed E-state index contributed by atoms with van der Waals surface area (Å²) >= 11 is 1.61. The smallest absolute Gasteiger partial charge is 0.147 e. The van der Waals surface area contributed by atoms with Gasteiger partial charge in [-0.3, -0.25) is 9.98 Å². The predicted molar refractivity (Wildman–Crippen MR) is 96.4 cm³/mol. The van der Waals surface area contributed by atoms with Gasteiger partial charge in [-0.05, 0) is 31.9 Å². The second-order valence-corrected chi connectivity index (χ2v) is 7.63. The zero-order valence-corrected chi connectivity index (χ0v) is 14.5. The molecule has 0 amide bonds. The number of piperidine rings is 1. The molecule has 4 heterocycles. The first-order chi connectivity index (χ1) is 11.6.